The zero-order valence-corrected chi connectivity index (χ0v) is 17.6. The van der Waals surface area contributed by atoms with Crippen LogP contribution < -0.4 is 10.4 Å². The van der Waals surface area contributed by atoms with E-state index in [1.165, 1.54) is 10.4 Å². The molecule has 0 spiro atoms. The largest absolute Gasteiger partial charge is 0.394 e. The molecule has 0 aliphatic heterocycles. The van der Waals surface area contributed by atoms with Gasteiger partial charge in [-0.25, -0.2) is 0 Å². The quantitative estimate of drug-likeness (QED) is 0.433. The van der Waals surface area contributed by atoms with Crippen LogP contribution in [-0.2, 0) is 9.47 Å². The smallest absolute Gasteiger partial charge is 0.204 e. The summed E-state index contributed by atoms with van der Waals surface area (Å²) >= 11 is 0. The molecule has 3 nitrogen and oxygen atoms in total. The first-order valence-corrected chi connectivity index (χ1v) is 11.4. The van der Waals surface area contributed by atoms with E-state index in [2.05, 4.69) is 92.9 Å². The molecule has 0 bridgehead atoms. The molecule has 144 valence electrons. The van der Waals surface area contributed by atoms with Crippen molar-refractivity contribution in [3.63, 3.8) is 0 Å². The molecule has 2 aromatic rings. The summed E-state index contributed by atoms with van der Waals surface area (Å²) in [6.45, 7) is 8.58. The van der Waals surface area contributed by atoms with E-state index in [-0.39, 0.29) is 11.6 Å². The van der Waals surface area contributed by atoms with Crippen molar-refractivity contribution in [2.75, 3.05) is 33.0 Å². The maximum atomic E-state index is 8.71. The van der Waals surface area contributed by atoms with Crippen molar-refractivity contribution in [3.05, 3.63) is 60.7 Å². The molecule has 27 heavy (non-hydrogen) atoms. The molecular formula is C23H30O3Si. The summed E-state index contributed by atoms with van der Waals surface area (Å²) in [7, 11) is -2.34. The van der Waals surface area contributed by atoms with E-state index in [0.29, 0.717) is 26.4 Å². The maximum absolute atomic E-state index is 8.71. The van der Waals surface area contributed by atoms with Crippen LogP contribution in [0.4, 0.5) is 0 Å². The highest BCUT2D eigenvalue weighted by atomic mass is 28.3. The van der Waals surface area contributed by atoms with Crippen LogP contribution >= 0.6 is 0 Å². The molecule has 0 aromatic heterocycles. The van der Waals surface area contributed by atoms with Crippen molar-refractivity contribution in [3.8, 4) is 11.5 Å². The highest BCUT2D eigenvalue weighted by Crippen LogP contribution is 2.35. The molecule has 0 saturated carbocycles. The van der Waals surface area contributed by atoms with Gasteiger partial charge < -0.3 is 14.6 Å². The number of aliphatic hydroxyl groups excluding tert-OH is 1. The second-order valence-corrected chi connectivity index (χ2v) is 11.8. The summed E-state index contributed by atoms with van der Waals surface area (Å²) in [5, 5.41) is 11.4. The third kappa shape index (κ3) is 5.54. The van der Waals surface area contributed by atoms with Crippen molar-refractivity contribution in [2.24, 2.45) is 0 Å². The highest BCUT2D eigenvalue weighted by molar-refractivity contribution is 7.10. The van der Waals surface area contributed by atoms with E-state index in [1.54, 1.807) is 0 Å². The second kappa shape index (κ2) is 10.4. The normalized spacial score (nSPS) is 11.7. The molecule has 0 fully saturated rings. The molecule has 0 saturated heterocycles. The van der Waals surface area contributed by atoms with Gasteiger partial charge in [-0.05, 0) is 15.4 Å². The Balaban J connectivity index is 2.30. The van der Waals surface area contributed by atoms with Gasteiger partial charge in [-0.2, -0.15) is 0 Å². The van der Waals surface area contributed by atoms with Crippen LogP contribution in [0.3, 0.4) is 0 Å². The fraction of sp³-hybridized carbons (Fsp3) is 0.391. The minimum absolute atomic E-state index is 0.0208. The first-order chi connectivity index (χ1) is 13.0. The third-order valence-electron chi connectivity index (χ3n) is 4.60. The van der Waals surface area contributed by atoms with Gasteiger partial charge in [0, 0.05) is 0 Å². The Morgan fingerprint density at radius 1 is 0.815 bits per heavy atom. The van der Waals surface area contributed by atoms with E-state index < -0.39 is 8.07 Å². The molecular weight excluding hydrogens is 352 g/mol. The van der Waals surface area contributed by atoms with E-state index in [1.807, 2.05) is 0 Å². The van der Waals surface area contributed by atoms with Gasteiger partial charge in [0.25, 0.3) is 0 Å². The van der Waals surface area contributed by atoms with Crippen molar-refractivity contribution < 1.29 is 14.6 Å². The predicted molar refractivity (Wildman–Crippen MR) is 114 cm³/mol. The van der Waals surface area contributed by atoms with E-state index in [0.717, 1.165) is 0 Å². The average Bonchev–Trinajstić information content (AvgIpc) is 2.67. The zero-order chi connectivity index (χ0) is 19.6. The van der Waals surface area contributed by atoms with Crippen LogP contribution in [0.5, 0.6) is 0 Å². The molecule has 1 N–H and O–H groups in total. The lowest BCUT2D eigenvalue weighted by molar-refractivity contribution is 0.0424. The lowest BCUT2D eigenvalue weighted by Gasteiger charge is -2.39. The van der Waals surface area contributed by atoms with Gasteiger partial charge in [-0.3, -0.25) is 0 Å². The standard InChI is InChI=1S/C23H30O3Si/c1-23(2,3)27(21-11-6-4-7-12-21,22-13-8-5-9-14-22)20-10-16-25-18-19-26-17-15-24/h4-9,11-14,24H,15-19H2,1-3H3. The van der Waals surface area contributed by atoms with Crippen molar-refractivity contribution in [1.29, 1.82) is 0 Å². The Hall–Kier alpha value is -1.90. The number of benzene rings is 2. The molecule has 0 amide bonds. The van der Waals surface area contributed by atoms with Crippen LogP contribution in [0, 0.1) is 11.5 Å². The van der Waals surface area contributed by atoms with Crippen molar-refractivity contribution in [2.45, 2.75) is 25.8 Å². The fourth-order valence-electron chi connectivity index (χ4n) is 3.32. The minimum Gasteiger partial charge on any atom is -0.394 e. The first-order valence-electron chi connectivity index (χ1n) is 9.40. The van der Waals surface area contributed by atoms with Gasteiger partial charge in [0.1, 0.15) is 6.61 Å². The number of rotatable bonds is 8. The van der Waals surface area contributed by atoms with E-state index >= 15 is 0 Å². The average molecular weight is 383 g/mol. The molecule has 0 unspecified atom stereocenters. The van der Waals surface area contributed by atoms with Crippen molar-refractivity contribution >= 4 is 18.4 Å². The summed E-state index contributed by atoms with van der Waals surface area (Å²) < 4.78 is 10.8. The zero-order valence-electron chi connectivity index (χ0n) is 16.6. The minimum atomic E-state index is -2.34. The predicted octanol–water partition coefficient (Wildman–Crippen LogP) is 2.62. The number of hydrogen-bond donors (Lipinski definition) is 1. The van der Waals surface area contributed by atoms with Gasteiger partial charge in [-0.1, -0.05) is 87.4 Å². The van der Waals surface area contributed by atoms with Crippen molar-refractivity contribution in [1.82, 2.24) is 0 Å². The Labute approximate surface area is 164 Å². The molecule has 0 aliphatic carbocycles. The molecule has 0 atom stereocenters. The Morgan fingerprint density at radius 3 is 1.81 bits per heavy atom. The van der Waals surface area contributed by atoms with Crippen LogP contribution in [0.15, 0.2) is 60.7 Å². The van der Waals surface area contributed by atoms with Crippen LogP contribution in [0.1, 0.15) is 20.8 Å². The SMILES string of the molecule is CC(C)(C)[Si](C#CCOCCOCCO)(c1ccccc1)c1ccccc1. The monoisotopic (exact) mass is 382 g/mol. The fourth-order valence-corrected chi connectivity index (χ4v) is 7.77. The van der Waals surface area contributed by atoms with E-state index in [9.17, 15) is 0 Å². The lowest BCUT2D eigenvalue weighted by Crippen LogP contribution is -2.63. The second-order valence-electron chi connectivity index (χ2n) is 7.42. The number of hydrogen-bond acceptors (Lipinski definition) is 3. The summed E-state index contributed by atoms with van der Waals surface area (Å²) in [4.78, 5) is 0. The van der Waals surface area contributed by atoms with Gasteiger partial charge >= 0.3 is 0 Å². The summed E-state index contributed by atoms with van der Waals surface area (Å²) in [5.41, 5.74) is 3.69. The highest BCUT2D eigenvalue weighted by Gasteiger charge is 2.46. The molecule has 0 aliphatic rings. The Bertz CT molecular complexity index is 687. The molecule has 2 aromatic carbocycles. The topological polar surface area (TPSA) is 38.7 Å². The van der Waals surface area contributed by atoms with Gasteiger partial charge in [0.2, 0.25) is 8.07 Å². The Morgan fingerprint density at radius 2 is 1.33 bits per heavy atom. The van der Waals surface area contributed by atoms with Gasteiger partial charge in [0.15, 0.2) is 0 Å². The number of aliphatic hydroxyl groups is 1. The lowest BCUT2D eigenvalue weighted by atomic mass is 10.2. The molecule has 4 heteroatoms. The molecule has 2 rings (SSSR count). The van der Waals surface area contributed by atoms with Crippen LogP contribution in [0.25, 0.3) is 0 Å². The molecule has 0 radical (unpaired) electrons. The number of ether oxygens (including phenoxy) is 2. The summed E-state index contributed by atoms with van der Waals surface area (Å²) in [6.07, 6.45) is 0. The van der Waals surface area contributed by atoms with Gasteiger partial charge in [-0.15, -0.1) is 5.54 Å². The summed E-state index contributed by atoms with van der Waals surface area (Å²) in [6, 6.07) is 21.4. The Kier molecular flexibility index (Phi) is 8.27. The van der Waals surface area contributed by atoms with Crippen LogP contribution in [-0.4, -0.2) is 46.2 Å². The summed E-state index contributed by atoms with van der Waals surface area (Å²) in [5.74, 6) is 3.31. The van der Waals surface area contributed by atoms with E-state index in [4.69, 9.17) is 14.6 Å². The third-order valence-corrected chi connectivity index (χ3v) is 9.80. The maximum Gasteiger partial charge on any atom is 0.204 e. The first kappa shape index (κ1) is 21.4. The van der Waals surface area contributed by atoms with Gasteiger partial charge in [0.05, 0.1) is 26.4 Å². The van der Waals surface area contributed by atoms with Crippen LogP contribution in [0.2, 0.25) is 5.04 Å². The molecule has 0 heterocycles.